The van der Waals surface area contributed by atoms with Gasteiger partial charge in [-0.3, -0.25) is 0 Å². The quantitative estimate of drug-likeness (QED) is 0.281. The Bertz CT molecular complexity index is 300. The number of hydrogen-bond donors (Lipinski definition) is 1. The molecule has 0 aromatic rings. The van der Waals surface area contributed by atoms with E-state index in [0.717, 1.165) is 16.6 Å². The van der Waals surface area contributed by atoms with Crippen LogP contribution in [0.1, 0.15) is 60.8 Å². The first kappa shape index (κ1) is 23.1. The van der Waals surface area contributed by atoms with Crippen molar-refractivity contribution in [3.8, 4) is 0 Å². The molecular formula is C20H45NSi2. The molecule has 138 valence electrons. The molecule has 23 heavy (non-hydrogen) atoms. The minimum atomic E-state index is -1.17. The molecule has 0 heterocycles. The van der Waals surface area contributed by atoms with Gasteiger partial charge in [-0.05, 0) is 25.9 Å². The van der Waals surface area contributed by atoms with E-state index in [4.69, 9.17) is 0 Å². The van der Waals surface area contributed by atoms with Crippen LogP contribution in [-0.4, -0.2) is 29.2 Å². The van der Waals surface area contributed by atoms with Crippen molar-refractivity contribution in [3.63, 3.8) is 0 Å². The van der Waals surface area contributed by atoms with E-state index in [0.29, 0.717) is 0 Å². The maximum atomic E-state index is 3.98. The summed E-state index contributed by atoms with van der Waals surface area (Å²) in [5, 5.41) is 3.66. The van der Waals surface area contributed by atoms with Crippen LogP contribution >= 0.6 is 0 Å². The van der Waals surface area contributed by atoms with Gasteiger partial charge in [0.15, 0.2) is 0 Å². The van der Waals surface area contributed by atoms with Crippen LogP contribution in [-0.2, 0) is 0 Å². The van der Waals surface area contributed by atoms with Gasteiger partial charge in [0.1, 0.15) is 0 Å². The van der Waals surface area contributed by atoms with Crippen LogP contribution in [0.15, 0.2) is 12.3 Å². The monoisotopic (exact) mass is 355 g/mol. The van der Waals surface area contributed by atoms with E-state index in [-0.39, 0.29) is 0 Å². The molecule has 0 fully saturated rings. The first-order chi connectivity index (χ1) is 10.6. The fourth-order valence-corrected chi connectivity index (χ4v) is 12.3. The summed E-state index contributed by atoms with van der Waals surface area (Å²) in [5.41, 5.74) is 4.94. The summed E-state index contributed by atoms with van der Waals surface area (Å²) in [5.74, 6) is 0. The minimum Gasteiger partial charge on any atom is -0.317 e. The Kier molecular flexibility index (Phi) is 11.0. The van der Waals surface area contributed by atoms with Crippen LogP contribution in [0, 0.1) is 0 Å². The molecule has 0 amide bonds. The summed E-state index contributed by atoms with van der Waals surface area (Å²) in [6.07, 6.45) is 4.08. The Balaban J connectivity index is 4.03. The van der Waals surface area contributed by atoms with Gasteiger partial charge in [0.2, 0.25) is 0 Å². The van der Waals surface area contributed by atoms with Gasteiger partial charge < -0.3 is 5.32 Å². The fraction of sp³-hybridized carbons (Fsp3) is 0.900. The largest absolute Gasteiger partial charge is 0.317 e. The van der Waals surface area contributed by atoms with Crippen molar-refractivity contribution in [1.29, 1.82) is 0 Å². The second-order valence-electron chi connectivity index (χ2n) is 9.08. The third-order valence-electron chi connectivity index (χ3n) is 6.17. The van der Waals surface area contributed by atoms with E-state index in [9.17, 15) is 0 Å². The van der Waals surface area contributed by atoms with Crippen molar-refractivity contribution in [3.05, 3.63) is 12.3 Å². The number of unbranched alkanes of at least 4 members (excludes halogenated alkanes) is 1. The maximum Gasteiger partial charge on any atom is 0.0710 e. The van der Waals surface area contributed by atoms with Crippen LogP contribution in [0.3, 0.4) is 0 Å². The number of hydrogen-bond acceptors (Lipinski definition) is 1. The standard InChI is InChI=1S/C20H45NSi2/c1-10-22(8,9)16-13-15-21-14-11-12-17-23(18(2)3,19(4)5)20(6)7/h10,18-21H,1,11-17H2,2-9H3. The summed E-state index contributed by atoms with van der Waals surface area (Å²) in [7, 11) is -2.25. The molecule has 0 radical (unpaired) electrons. The van der Waals surface area contributed by atoms with Gasteiger partial charge >= 0.3 is 0 Å². The zero-order chi connectivity index (χ0) is 18.1. The van der Waals surface area contributed by atoms with Crippen LogP contribution in [0.5, 0.6) is 0 Å². The molecule has 0 bridgehead atoms. The van der Waals surface area contributed by atoms with Crippen molar-refractivity contribution < 1.29 is 0 Å². The third-order valence-corrected chi connectivity index (χ3v) is 16.6. The van der Waals surface area contributed by atoms with E-state index < -0.39 is 16.1 Å². The molecule has 1 N–H and O–H groups in total. The molecule has 0 aromatic carbocycles. The highest BCUT2D eigenvalue weighted by Crippen LogP contribution is 2.45. The fourth-order valence-electron chi connectivity index (χ4n) is 4.44. The number of nitrogens with one attached hydrogen (secondary N) is 1. The average molecular weight is 356 g/mol. The van der Waals surface area contributed by atoms with Crippen LogP contribution < -0.4 is 5.32 Å². The molecular weight excluding hydrogens is 310 g/mol. The molecule has 0 aliphatic carbocycles. The lowest BCUT2D eigenvalue weighted by molar-refractivity contribution is 0.623. The lowest BCUT2D eigenvalue weighted by atomic mass is 10.3. The summed E-state index contributed by atoms with van der Waals surface area (Å²) in [6, 6.07) is 2.88. The molecule has 0 saturated heterocycles. The van der Waals surface area contributed by atoms with Gasteiger partial charge in [0.25, 0.3) is 0 Å². The SMILES string of the molecule is C=C[Si](C)(C)CCCNCCCC[Si](C(C)C)(C(C)C)C(C)C. The first-order valence-corrected chi connectivity index (χ1v) is 15.7. The Morgan fingerprint density at radius 1 is 0.783 bits per heavy atom. The zero-order valence-electron chi connectivity index (χ0n) is 17.5. The normalized spacial score (nSPS) is 13.3. The highest BCUT2D eigenvalue weighted by atomic mass is 28.3. The lowest BCUT2D eigenvalue weighted by Gasteiger charge is -2.43. The third kappa shape index (κ3) is 7.70. The zero-order valence-corrected chi connectivity index (χ0v) is 19.5. The summed E-state index contributed by atoms with van der Waals surface area (Å²) in [4.78, 5) is 0. The summed E-state index contributed by atoms with van der Waals surface area (Å²) < 4.78 is 0. The molecule has 0 aliphatic heterocycles. The van der Waals surface area contributed by atoms with Gasteiger partial charge in [-0.1, -0.05) is 89.8 Å². The molecule has 1 nitrogen and oxygen atoms in total. The molecule has 0 saturated carbocycles. The van der Waals surface area contributed by atoms with Crippen molar-refractivity contribution in [1.82, 2.24) is 5.32 Å². The minimum absolute atomic E-state index is 0.904. The smallest absolute Gasteiger partial charge is 0.0710 e. The van der Waals surface area contributed by atoms with Gasteiger partial charge in [-0.25, -0.2) is 0 Å². The van der Waals surface area contributed by atoms with Crippen molar-refractivity contribution in [2.75, 3.05) is 13.1 Å². The Labute approximate surface area is 149 Å². The topological polar surface area (TPSA) is 12.0 Å². The van der Waals surface area contributed by atoms with E-state index in [1.165, 1.54) is 44.4 Å². The van der Waals surface area contributed by atoms with Gasteiger partial charge in [0.05, 0.1) is 16.1 Å². The molecule has 0 spiro atoms. The molecule has 3 heteroatoms. The van der Waals surface area contributed by atoms with Crippen LogP contribution in [0.2, 0.25) is 41.8 Å². The Hall–Kier alpha value is 0.134. The second-order valence-corrected chi connectivity index (χ2v) is 20.2. The second kappa shape index (κ2) is 10.9. The first-order valence-electron chi connectivity index (χ1n) is 9.94. The predicted molar refractivity (Wildman–Crippen MR) is 115 cm³/mol. The van der Waals surface area contributed by atoms with E-state index in [1.54, 1.807) is 0 Å². The van der Waals surface area contributed by atoms with Crippen molar-refractivity contribution in [2.45, 2.75) is 103 Å². The number of rotatable bonds is 13. The maximum absolute atomic E-state index is 3.98. The molecule has 0 aliphatic rings. The molecule has 0 aromatic heterocycles. The van der Waals surface area contributed by atoms with Crippen LogP contribution in [0.25, 0.3) is 0 Å². The summed E-state index contributed by atoms with van der Waals surface area (Å²) in [6.45, 7) is 26.1. The highest BCUT2D eigenvalue weighted by Gasteiger charge is 2.41. The Morgan fingerprint density at radius 2 is 1.26 bits per heavy atom. The van der Waals surface area contributed by atoms with E-state index in [1.807, 2.05) is 0 Å². The lowest BCUT2D eigenvalue weighted by Crippen LogP contribution is -2.44. The van der Waals surface area contributed by atoms with E-state index >= 15 is 0 Å². The Morgan fingerprint density at radius 3 is 1.70 bits per heavy atom. The highest BCUT2D eigenvalue weighted by molar-refractivity contribution is 6.83. The predicted octanol–water partition coefficient (Wildman–Crippen LogP) is 6.86. The van der Waals surface area contributed by atoms with Gasteiger partial charge in [-0.15, -0.1) is 12.3 Å². The van der Waals surface area contributed by atoms with Gasteiger partial charge in [0, 0.05) is 0 Å². The van der Waals surface area contributed by atoms with Crippen LogP contribution in [0.4, 0.5) is 0 Å². The van der Waals surface area contributed by atoms with Crippen molar-refractivity contribution >= 4 is 16.1 Å². The molecule has 0 rings (SSSR count). The summed E-state index contributed by atoms with van der Waals surface area (Å²) >= 11 is 0. The molecule has 0 unspecified atom stereocenters. The van der Waals surface area contributed by atoms with Crippen molar-refractivity contribution in [2.24, 2.45) is 0 Å². The van der Waals surface area contributed by atoms with E-state index in [2.05, 4.69) is 72.2 Å². The van der Waals surface area contributed by atoms with Gasteiger partial charge in [-0.2, -0.15) is 0 Å². The molecule has 0 atom stereocenters. The average Bonchev–Trinajstić information content (AvgIpc) is 2.44.